The quantitative estimate of drug-likeness (QED) is 0.878. The topological polar surface area (TPSA) is 72.9 Å². The fourth-order valence-electron chi connectivity index (χ4n) is 1.74. The van der Waals surface area contributed by atoms with E-state index in [1.165, 1.54) is 22.9 Å². The SMILES string of the molecule is CCn1nc(N)cc1C(=O)NCc1ccc(F)cc1. The first-order valence-electron chi connectivity index (χ1n) is 5.96. The van der Waals surface area contributed by atoms with Crippen molar-refractivity contribution in [2.75, 3.05) is 5.73 Å². The van der Waals surface area contributed by atoms with E-state index in [2.05, 4.69) is 10.4 Å². The van der Waals surface area contributed by atoms with Gasteiger partial charge >= 0.3 is 0 Å². The van der Waals surface area contributed by atoms with Crippen LogP contribution in [0.1, 0.15) is 23.0 Å². The summed E-state index contributed by atoms with van der Waals surface area (Å²) in [7, 11) is 0. The highest BCUT2D eigenvalue weighted by molar-refractivity contribution is 5.93. The predicted octanol–water partition coefficient (Wildman–Crippen LogP) is 1.55. The summed E-state index contributed by atoms with van der Waals surface area (Å²) in [6.45, 7) is 2.77. The third-order valence-electron chi connectivity index (χ3n) is 2.70. The van der Waals surface area contributed by atoms with E-state index in [0.29, 0.717) is 24.6 Å². The smallest absolute Gasteiger partial charge is 0.269 e. The van der Waals surface area contributed by atoms with Gasteiger partial charge in [-0.25, -0.2) is 4.39 Å². The van der Waals surface area contributed by atoms with E-state index in [0.717, 1.165) is 5.56 Å². The standard InChI is InChI=1S/C13H15FN4O/c1-2-18-11(7-12(15)17-18)13(19)16-8-9-3-5-10(14)6-4-9/h3-7H,2,8H2,1H3,(H2,15,17)(H,16,19). The summed E-state index contributed by atoms with van der Waals surface area (Å²) in [5.41, 5.74) is 6.81. The van der Waals surface area contributed by atoms with E-state index in [-0.39, 0.29) is 11.7 Å². The summed E-state index contributed by atoms with van der Waals surface area (Å²) in [6.07, 6.45) is 0. The maximum Gasteiger partial charge on any atom is 0.269 e. The Balaban J connectivity index is 2.03. The molecule has 0 aliphatic carbocycles. The van der Waals surface area contributed by atoms with Gasteiger partial charge in [-0.2, -0.15) is 5.10 Å². The Kier molecular flexibility index (Phi) is 3.79. The molecule has 6 heteroatoms. The van der Waals surface area contributed by atoms with Crippen molar-refractivity contribution in [3.63, 3.8) is 0 Å². The van der Waals surface area contributed by atoms with Gasteiger partial charge < -0.3 is 11.1 Å². The van der Waals surface area contributed by atoms with Crippen molar-refractivity contribution in [2.24, 2.45) is 0 Å². The lowest BCUT2D eigenvalue weighted by atomic mass is 10.2. The van der Waals surface area contributed by atoms with E-state index in [1.54, 1.807) is 12.1 Å². The second-order valence-electron chi connectivity index (χ2n) is 4.08. The number of carbonyl (C=O) groups excluding carboxylic acids is 1. The first-order chi connectivity index (χ1) is 9.10. The molecule has 3 N–H and O–H groups in total. The lowest BCUT2D eigenvalue weighted by Gasteiger charge is -2.06. The number of nitrogens with one attached hydrogen (secondary N) is 1. The molecular formula is C13H15FN4O. The molecule has 0 radical (unpaired) electrons. The largest absolute Gasteiger partial charge is 0.382 e. The van der Waals surface area contributed by atoms with Crippen molar-refractivity contribution in [3.05, 3.63) is 47.4 Å². The molecule has 19 heavy (non-hydrogen) atoms. The number of carbonyl (C=O) groups is 1. The summed E-state index contributed by atoms with van der Waals surface area (Å²) in [5.74, 6) is -0.240. The van der Waals surface area contributed by atoms with Crippen LogP contribution in [0.5, 0.6) is 0 Å². The molecule has 1 aromatic heterocycles. The van der Waals surface area contributed by atoms with Crippen molar-refractivity contribution in [1.82, 2.24) is 15.1 Å². The third kappa shape index (κ3) is 3.09. The number of rotatable bonds is 4. The maximum absolute atomic E-state index is 12.7. The molecule has 0 atom stereocenters. The Morgan fingerprint density at radius 3 is 2.74 bits per heavy atom. The van der Waals surface area contributed by atoms with Gasteiger partial charge in [0.25, 0.3) is 5.91 Å². The molecule has 1 aromatic carbocycles. The van der Waals surface area contributed by atoms with Gasteiger partial charge in [0.2, 0.25) is 0 Å². The maximum atomic E-state index is 12.7. The average Bonchev–Trinajstić information content (AvgIpc) is 2.79. The van der Waals surface area contributed by atoms with Crippen LogP contribution in [0.3, 0.4) is 0 Å². The monoisotopic (exact) mass is 262 g/mol. The number of nitrogen functional groups attached to an aromatic ring is 1. The fourth-order valence-corrected chi connectivity index (χ4v) is 1.74. The first kappa shape index (κ1) is 13.1. The number of amides is 1. The molecule has 0 bridgehead atoms. The number of nitrogens with two attached hydrogens (primary N) is 1. The Morgan fingerprint density at radius 2 is 2.11 bits per heavy atom. The zero-order valence-electron chi connectivity index (χ0n) is 10.6. The molecule has 2 aromatic rings. The minimum absolute atomic E-state index is 0.254. The van der Waals surface area contributed by atoms with Crippen molar-refractivity contribution >= 4 is 11.7 Å². The minimum Gasteiger partial charge on any atom is -0.382 e. The summed E-state index contributed by atoms with van der Waals surface area (Å²) in [4.78, 5) is 12.0. The summed E-state index contributed by atoms with van der Waals surface area (Å²) in [5, 5.41) is 6.75. The average molecular weight is 262 g/mol. The van der Waals surface area contributed by atoms with Crippen molar-refractivity contribution in [1.29, 1.82) is 0 Å². The van der Waals surface area contributed by atoms with E-state index < -0.39 is 0 Å². The molecule has 0 fully saturated rings. The van der Waals surface area contributed by atoms with Crippen molar-refractivity contribution < 1.29 is 9.18 Å². The summed E-state index contributed by atoms with van der Waals surface area (Å²) >= 11 is 0. The Hall–Kier alpha value is -2.37. The Labute approximate surface area is 110 Å². The molecule has 0 saturated carbocycles. The van der Waals surface area contributed by atoms with Gasteiger partial charge in [-0.15, -0.1) is 0 Å². The van der Waals surface area contributed by atoms with Crippen LogP contribution in [-0.4, -0.2) is 15.7 Å². The van der Waals surface area contributed by atoms with Gasteiger partial charge in [0.05, 0.1) is 0 Å². The molecule has 0 spiro atoms. The number of aromatic nitrogens is 2. The molecule has 5 nitrogen and oxygen atoms in total. The van der Waals surface area contributed by atoms with Crippen LogP contribution in [0, 0.1) is 5.82 Å². The van der Waals surface area contributed by atoms with Gasteiger partial charge in [0.1, 0.15) is 17.3 Å². The lowest BCUT2D eigenvalue weighted by Crippen LogP contribution is -2.25. The number of halogens is 1. The molecule has 1 heterocycles. The first-order valence-corrected chi connectivity index (χ1v) is 5.96. The highest BCUT2D eigenvalue weighted by atomic mass is 19.1. The molecular weight excluding hydrogens is 247 g/mol. The Bertz CT molecular complexity index is 577. The number of aryl methyl sites for hydroxylation is 1. The highest BCUT2D eigenvalue weighted by Gasteiger charge is 2.12. The number of nitrogens with zero attached hydrogens (tertiary/aromatic N) is 2. The normalized spacial score (nSPS) is 10.4. The number of benzene rings is 1. The van der Waals surface area contributed by atoms with Crippen LogP contribution in [0.4, 0.5) is 10.2 Å². The molecule has 2 rings (SSSR count). The van der Waals surface area contributed by atoms with Crippen molar-refractivity contribution in [3.8, 4) is 0 Å². The van der Waals surface area contributed by atoms with Crippen LogP contribution < -0.4 is 11.1 Å². The van der Waals surface area contributed by atoms with E-state index in [9.17, 15) is 9.18 Å². The van der Waals surface area contributed by atoms with Crippen molar-refractivity contribution in [2.45, 2.75) is 20.0 Å². The van der Waals surface area contributed by atoms with Crippen LogP contribution in [0.15, 0.2) is 30.3 Å². The Morgan fingerprint density at radius 1 is 1.42 bits per heavy atom. The van der Waals surface area contributed by atoms with Gasteiger partial charge in [-0.1, -0.05) is 12.1 Å². The molecule has 0 aliphatic heterocycles. The summed E-state index contributed by atoms with van der Waals surface area (Å²) < 4.78 is 14.3. The second-order valence-corrected chi connectivity index (χ2v) is 4.08. The van der Waals surface area contributed by atoms with Gasteiger partial charge in [0, 0.05) is 19.2 Å². The molecule has 0 saturated heterocycles. The molecule has 1 amide bonds. The van der Waals surface area contributed by atoms with E-state index in [4.69, 9.17) is 5.73 Å². The minimum atomic E-state index is -0.299. The van der Waals surface area contributed by atoms with E-state index in [1.807, 2.05) is 6.92 Å². The molecule has 0 aliphatic rings. The van der Waals surface area contributed by atoms with Gasteiger partial charge in [-0.3, -0.25) is 9.48 Å². The van der Waals surface area contributed by atoms with Gasteiger partial charge in [0.15, 0.2) is 0 Å². The van der Waals surface area contributed by atoms with Crippen LogP contribution in [-0.2, 0) is 13.1 Å². The lowest BCUT2D eigenvalue weighted by molar-refractivity contribution is 0.0940. The van der Waals surface area contributed by atoms with E-state index >= 15 is 0 Å². The highest BCUT2D eigenvalue weighted by Crippen LogP contribution is 2.07. The summed E-state index contributed by atoms with van der Waals surface area (Å²) in [6, 6.07) is 7.50. The zero-order chi connectivity index (χ0) is 13.8. The predicted molar refractivity (Wildman–Crippen MR) is 69.9 cm³/mol. The van der Waals surface area contributed by atoms with Crippen LogP contribution in [0.25, 0.3) is 0 Å². The molecule has 0 unspecified atom stereocenters. The van der Waals surface area contributed by atoms with Crippen LogP contribution >= 0.6 is 0 Å². The number of anilines is 1. The molecule has 100 valence electrons. The second kappa shape index (κ2) is 5.51. The van der Waals surface area contributed by atoms with Crippen LogP contribution in [0.2, 0.25) is 0 Å². The zero-order valence-corrected chi connectivity index (χ0v) is 10.6. The number of hydrogen-bond donors (Lipinski definition) is 2. The third-order valence-corrected chi connectivity index (χ3v) is 2.70. The fraction of sp³-hybridized carbons (Fsp3) is 0.231. The number of hydrogen-bond acceptors (Lipinski definition) is 3. The van der Waals surface area contributed by atoms with Gasteiger partial charge in [-0.05, 0) is 24.6 Å².